The summed E-state index contributed by atoms with van der Waals surface area (Å²) in [7, 11) is 0. The molecule has 6 heteroatoms. The third kappa shape index (κ3) is 4.08. The summed E-state index contributed by atoms with van der Waals surface area (Å²) in [6.07, 6.45) is 0. The number of aromatic hydroxyl groups is 1. The Bertz CT molecular complexity index is 553. The van der Waals surface area contributed by atoms with Crippen molar-refractivity contribution in [3.05, 3.63) is 53.8 Å². The molecule has 0 amide bonds. The molecule has 0 spiro atoms. The molecule has 20 heavy (non-hydrogen) atoms. The zero-order chi connectivity index (χ0) is 14.5. The van der Waals surface area contributed by atoms with Crippen LogP contribution in [0, 0.1) is 5.82 Å². The Balaban J connectivity index is 1.96. The second-order valence-electron chi connectivity index (χ2n) is 4.07. The lowest BCUT2D eigenvalue weighted by molar-refractivity contribution is -0.0498. The van der Waals surface area contributed by atoms with E-state index in [2.05, 4.69) is 10.1 Å². The monoisotopic (exact) mass is 283 g/mol. The summed E-state index contributed by atoms with van der Waals surface area (Å²) in [5, 5.41) is 12.2. The van der Waals surface area contributed by atoms with Gasteiger partial charge in [0.25, 0.3) is 0 Å². The Labute approximate surface area is 113 Å². The minimum atomic E-state index is -2.86. The van der Waals surface area contributed by atoms with Crippen LogP contribution in [0.25, 0.3) is 0 Å². The predicted molar refractivity (Wildman–Crippen MR) is 68.5 cm³/mol. The molecule has 0 aliphatic rings. The number of rotatable bonds is 5. The minimum absolute atomic E-state index is 0.0638. The molecular weight excluding hydrogens is 271 g/mol. The number of phenols is 1. The SMILES string of the molecule is Oc1cc(F)cc(CNc2ccc(OC(F)F)cc2)c1. The maximum Gasteiger partial charge on any atom is 0.387 e. The molecule has 0 radical (unpaired) electrons. The highest BCUT2D eigenvalue weighted by Crippen LogP contribution is 2.19. The third-order valence-electron chi connectivity index (χ3n) is 2.52. The Morgan fingerprint density at radius 3 is 2.40 bits per heavy atom. The predicted octanol–water partition coefficient (Wildman–Crippen LogP) is 3.74. The molecule has 0 aliphatic heterocycles. The van der Waals surface area contributed by atoms with Gasteiger partial charge in [-0.25, -0.2) is 4.39 Å². The maximum absolute atomic E-state index is 13.1. The first kappa shape index (κ1) is 14.0. The second kappa shape index (κ2) is 6.18. The van der Waals surface area contributed by atoms with Gasteiger partial charge < -0.3 is 15.2 Å². The van der Waals surface area contributed by atoms with Crippen LogP contribution < -0.4 is 10.1 Å². The summed E-state index contributed by atoms with van der Waals surface area (Å²) >= 11 is 0. The third-order valence-corrected chi connectivity index (χ3v) is 2.52. The maximum atomic E-state index is 13.1. The topological polar surface area (TPSA) is 41.5 Å². The Morgan fingerprint density at radius 2 is 1.80 bits per heavy atom. The smallest absolute Gasteiger partial charge is 0.387 e. The molecular formula is C14H12F3NO2. The zero-order valence-corrected chi connectivity index (χ0v) is 10.3. The minimum Gasteiger partial charge on any atom is -0.508 e. The van der Waals surface area contributed by atoms with Gasteiger partial charge >= 0.3 is 6.61 Å². The van der Waals surface area contributed by atoms with E-state index in [9.17, 15) is 18.3 Å². The zero-order valence-electron chi connectivity index (χ0n) is 10.3. The fourth-order valence-corrected chi connectivity index (χ4v) is 1.69. The van der Waals surface area contributed by atoms with E-state index in [0.717, 1.165) is 6.07 Å². The largest absolute Gasteiger partial charge is 0.508 e. The Morgan fingerprint density at radius 1 is 1.10 bits per heavy atom. The molecule has 106 valence electrons. The van der Waals surface area contributed by atoms with Gasteiger partial charge in [-0.3, -0.25) is 0 Å². The molecule has 0 fully saturated rings. The van der Waals surface area contributed by atoms with Crippen molar-refractivity contribution < 1.29 is 23.0 Å². The van der Waals surface area contributed by atoms with Crippen LogP contribution in [0.4, 0.5) is 18.9 Å². The van der Waals surface area contributed by atoms with Crippen molar-refractivity contribution in [1.29, 1.82) is 0 Å². The molecule has 2 rings (SSSR count). The first-order valence-electron chi connectivity index (χ1n) is 5.80. The van der Waals surface area contributed by atoms with Crippen LogP contribution in [-0.2, 0) is 6.54 Å². The van der Waals surface area contributed by atoms with Crippen molar-refractivity contribution in [3.8, 4) is 11.5 Å². The number of nitrogens with one attached hydrogen (secondary N) is 1. The quantitative estimate of drug-likeness (QED) is 0.878. The summed E-state index contributed by atoms with van der Waals surface area (Å²) in [5.41, 5.74) is 1.23. The number of benzene rings is 2. The summed E-state index contributed by atoms with van der Waals surface area (Å²) in [6, 6.07) is 9.67. The van der Waals surface area contributed by atoms with Crippen LogP contribution in [0.1, 0.15) is 5.56 Å². The number of halogens is 3. The molecule has 0 unspecified atom stereocenters. The fraction of sp³-hybridized carbons (Fsp3) is 0.143. The molecule has 0 saturated heterocycles. The van der Waals surface area contributed by atoms with Gasteiger partial charge in [0, 0.05) is 18.3 Å². The summed E-state index contributed by atoms with van der Waals surface area (Å²) in [5.74, 6) is -0.612. The first-order valence-corrected chi connectivity index (χ1v) is 5.80. The van der Waals surface area contributed by atoms with E-state index in [1.54, 1.807) is 12.1 Å². The van der Waals surface area contributed by atoms with Gasteiger partial charge in [-0.2, -0.15) is 8.78 Å². The molecule has 2 aromatic carbocycles. The lowest BCUT2D eigenvalue weighted by Gasteiger charge is -2.09. The number of ether oxygens (including phenoxy) is 1. The Kier molecular flexibility index (Phi) is 4.34. The van der Waals surface area contributed by atoms with E-state index >= 15 is 0 Å². The van der Waals surface area contributed by atoms with Gasteiger partial charge in [0.05, 0.1) is 0 Å². The van der Waals surface area contributed by atoms with Crippen LogP contribution in [0.15, 0.2) is 42.5 Å². The Hall–Kier alpha value is -2.37. The molecule has 0 aromatic heterocycles. The number of phenolic OH excluding ortho intramolecular Hbond substituents is 1. The van der Waals surface area contributed by atoms with Gasteiger partial charge in [0.2, 0.25) is 0 Å². The molecule has 0 aliphatic carbocycles. The van der Waals surface area contributed by atoms with Crippen molar-refractivity contribution in [3.63, 3.8) is 0 Å². The molecule has 0 atom stereocenters. The molecule has 0 heterocycles. The average molecular weight is 283 g/mol. The number of hydrogen-bond donors (Lipinski definition) is 2. The number of alkyl halides is 2. The van der Waals surface area contributed by atoms with Crippen molar-refractivity contribution in [2.75, 3.05) is 5.32 Å². The van der Waals surface area contributed by atoms with Crippen LogP contribution in [0.3, 0.4) is 0 Å². The lowest BCUT2D eigenvalue weighted by Crippen LogP contribution is -2.02. The molecule has 0 bridgehead atoms. The first-order chi connectivity index (χ1) is 9.52. The number of hydrogen-bond acceptors (Lipinski definition) is 3. The molecule has 3 nitrogen and oxygen atoms in total. The van der Waals surface area contributed by atoms with Gasteiger partial charge in [-0.05, 0) is 42.0 Å². The van der Waals surface area contributed by atoms with E-state index in [-0.39, 0.29) is 11.5 Å². The molecule has 2 N–H and O–H groups in total. The highest BCUT2D eigenvalue weighted by molar-refractivity contribution is 5.47. The number of anilines is 1. The highest BCUT2D eigenvalue weighted by atomic mass is 19.3. The normalized spacial score (nSPS) is 10.6. The highest BCUT2D eigenvalue weighted by Gasteiger charge is 2.04. The molecule has 0 saturated carbocycles. The van der Waals surface area contributed by atoms with Crippen LogP contribution in [0.5, 0.6) is 11.5 Å². The van der Waals surface area contributed by atoms with Crippen molar-refractivity contribution in [1.82, 2.24) is 0 Å². The van der Waals surface area contributed by atoms with Crippen LogP contribution in [-0.4, -0.2) is 11.7 Å². The second-order valence-corrected chi connectivity index (χ2v) is 4.07. The summed E-state index contributed by atoms with van der Waals surface area (Å²) in [6.45, 7) is -2.57. The van der Waals surface area contributed by atoms with E-state index in [1.165, 1.54) is 24.3 Å². The molecule has 2 aromatic rings. The standard InChI is InChI=1S/C14H12F3NO2/c15-10-5-9(6-12(19)7-10)8-18-11-1-3-13(4-2-11)20-14(16)17/h1-7,14,18-19H,8H2. The average Bonchev–Trinajstić information content (AvgIpc) is 2.36. The van der Waals surface area contributed by atoms with Crippen LogP contribution >= 0.6 is 0 Å². The summed E-state index contributed by atoms with van der Waals surface area (Å²) in [4.78, 5) is 0. The van der Waals surface area contributed by atoms with Gasteiger partial charge in [-0.15, -0.1) is 0 Å². The van der Waals surface area contributed by atoms with E-state index in [0.29, 0.717) is 17.8 Å². The van der Waals surface area contributed by atoms with E-state index in [1.807, 2.05) is 0 Å². The van der Waals surface area contributed by atoms with Gasteiger partial charge in [-0.1, -0.05) is 0 Å². The van der Waals surface area contributed by atoms with Gasteiger partial charge in [0.15, 0.2) is 0 Å². The van der Waals surface area contributed by atoms with Crippen molar-refractivity contribution in [2.24, 2.45) is 0 Å². The summed E-state index contributed by atoms with van der Waals surface area (Å²) < 4.78 is 41.2. The fourth-order valence-electron chi connectivity index (χ4n) is 1.69. The lowest BCUT2D eigenvalue weighted by atomic mass is 10.2. The van der Waals surface area contributed by atoms with E-state index in [4.69, 9.17) is 0 Å². The van der Waals surface area contributed by atoms with Crippen molar-refractivity contribution in [2.45, 2.75) is 13.2 Å². The van der Waals surface area contributed by atoms with E-state index < -0.39 is 12.4 Å². The van der Waals surface area contributed by atoms with Gasteiger partial charge in [0.1, 0.15) is 17.3 Å². The van der Waals surface area contributed by atoms with Crippen molar-refractivity contribution >= 4 is 5.69 Å². The van der Waals surface area contributed by atoms with Crippen LogP contribution in [0.2, 0.25) is 0 Å².